The van der Waals surface area contributed by atoms with Gasteiger partial charge in [0.2, 0.25) is 0 Å². The van der Waals surface area contributed by atoms with Crippen LogP contribution in [-0.4, -0.2) is 18.7 Å². The number of hydrogen-bond donors (Lipinski definition) is 1. The zero-order chi connectivity index (χ0) is 13.3. The highest BCUT2D eigenvalue weighted by Gasteiger charge is 2.57. The average molecular weight is 280 g/mol. The maximum Gasteiger partial charge on any atom is 0.121 e. The van der Waals surface area contributed by atoms with E-state index in [0.29, 0.717) is 17.6 Å². The third kappa shape index (κ3) is 2.36. The second-order valence-electron chi connectivity index (χ2n) is 5.85. The first-order valence-corrected chi connectivity index (χ1v) is 7.78. The molecule has 0 aliphatic heterocycles. The summed E-state index contributed by atoms with van der Waals surface area (Å²) in [6, 6.07) is 8.42. The van der Waals surface area contributed by atoms with Crippen molar-refractivity contribution < 1.29 is 4.74 Å². The summed E-state index contributed by atoms with van der Waals surface area (Å²) in [6.07, 6.45) is 6.78. The highest BCUT2D eigenvalue weighted by atomic mass is 35.5. The first-order chi connectivity index (χ1) is 9.24. The number of ether oxygens (including phenoxy) is 1. The predicted octanol–water partition coefficient (Wildman–Crippen LogP) is 4.03. The van der Waals surface area contributed by atoms with Gasteiger partial charge in [0.25, 0.3) is 0 Å². The van der Waals surface area contributed by atoms with Crippen molar-refractivity contribution in [3.05, 3.63) is 29.3 Å². The number of benzene rings is 1. The summed E-state index contributed by atoms with van der Waals surface area (Å²) in [4.78, 5) is 0. The molecule has 2 fully saturated rings. The largest absolute Gasteiger partial charge is 0.490 e. The molecule has 2 nitrogen and oxygen atoms in total. The lowest BCUT2D eigenvalue weighted by atomic mass is 9.60. The molecule has 1 spiro atoms. The van der Waals surface area contributed by atoms with Gasteiger partial charge < -0.3 is 10.1 Å². The molecule has 0 aromatic heterocycles. The second-order valence-corrected chi connectivity index (χ2v) is 6.29. The van der Waals surface area contributed by atoms with Crippen LogP contribution in [0.15, 0.2) is 24.3 Å². The van der Waals surface area contributed by atoms with Crippen molar-refractivity contribution >= 4 is 11.6 Å². The molecule has 1 N–H and O–H groups in total. The highest BCUT2D eigenvalue weighted by molar-refractivity contribution is 6.30. The van der Waals surface area contributed by atoms with Crippen LogP contribution in [-0.2, 0) is 0 Å². The molecule has 0 bridgehead atoms. The summed E-state index contributed by atoms with van der Waals surface area (Å²) in [7, 11) is 0. The van der Waals surface area contributed by atoms with Crippen molar-refractivity contribution in [3.8, 4) is 5.75 Å². The van der Waals surface area contributed by atoms with Crippen LogP contribution in [0.5, 0.6) is 5.75 Å². The lowest BCUT2D eigenvalue weighted by molar-refractivity contribution is -0.0755. The van der Waals surface area contributed by atoms with E-state index in [4.69, 9.17) is 16.3 Å². The molecule has 2 saturated carbocycles. The van der Waals surface area contributed by atoms with Gasteiger partial charge in [0.15, 0.2) is 0 Å². The molecule has 104 valence electrons. The molecule has 2 aliphatic rings. The number of hydrogen-bond acceptors (Lipinski definition) is 2. The molecule has 1 aromatic carbocycles. The Kier molecular flexibility index (Phi) is 3.72. The standard InChI is InChI=1S/C16H22ClNO/c1-2-18-14-11-15(16(14)8-3-4-9-16)19-13-7-5-6-12(17)10-13/h5-7,10,14-15,18H,2-4,8-9,11H2,1H3. The summed E-state index contributed by atoms with van der Waals surface area (Å²) in [6.45, 7) is 3.24. The molecule has 0 saturated heterocycles. The molecule has 0 amide bonds. The van der Waals surface area contributed by atoms with Crippen LogP contribution in [0.2, 0.25) is 5.02 Å². The van der Waals surface area contributed by atoms with E-state index < -0.39 is 0 Å². The van der Waals surface area contributed by atoms with E-state index in [9.17, 15) is 0 Å². The molecule has 2 atom stereocenters. The number of rotatable bonds is 4. The zero-order valence-corrected chi connectivity index (χ0v) is 12.2. The van der Waals surface area contributed by atoms with Crippen molar-refractivity contribution in [2.75, 3.05) is 6.54 Å². The Morgan fingerprint density at radius 3 is 2.84 bits per heavy atom. The van der Waals surface area contributed by atoms with Crippen molar-refractivity contribution in [3.63, 3.8) is 0 Å². The van der Waals surface area contributed by atoms with E-state index >= 15 is 0 Å². The average Bonchev–Trinajstić information content (AvgIpc) is 2.90. The van der Waals surface area contributed by atoms with Gasteiger partial charge in [0.1, 0.15) is 11.9 Å². The van der Waals surface area contributed by atoms with E-state index in [1.807, 2.05) is 24.3 Å². The number of halogens is 1. The minimum absolute atomic E-state index is 0.359. The van der Waals surface area contributed by atoms with Crippen LogP contribution in [0.25, 0.3) is 0 Å². The molecule has 3 heteroatoms. The molecule has 2 unspecified atom stereocenters. The van der Waals surface area contributed by atoms with Crippen molar-refractivity contribution in [2.24, 2.45) is 5.41 Å². The third-order valence-corrected chi connectivity index (χ3v) is 5.08. The number of nitrogens with one attached hydrogen (secondary N) is 1. The maximum absolute atomic E-state index is 6.22. The smallest absolute Gasteiger partial charge is 0.121 e. The van der Waals surface area contributed by atoms with Gasteiger partial charge in [-0.1, -0.05) is 37.4 Å². The molecule has 3 rings (SSSR count). The van der Waals surface area contributed by atoms with E-state index in [1.54, 1.807) is 0 Å². The predicted molar refractivity (Wildman–Crippen MR) is 78.9 cm³/mol. The minimum Gasteiger partial charge on any atom is -0.490 e. The summed E-state index contributed by atoms with van der Waals surface area (Å²) in [5.41, 5.74) is 0.373. The van der Waals surface area contributed by atoms with Crippen LogP contribution in [0.1, 0.15) is 39.0 Å². The van der Waals surface area contributed by atoms with Gasteiger partial charge in [-0.3, -0.25) is 0 Å². The molecule has 0 heterocycles. The fraction of sp³-hybridized carbons (Fsp3) is 0.625. The molecule has 2 aliphatic carbocycles. The van der Waals surface area contributed by atoms with Crippen molar-refractivity contribution in [1.29, 1.82) is 0 Å². The van der Waals surface area contributed by atoms with Crippen LogP contribution in [0.4, 0.5) is 0 Å². The summed E-state index contributed by atoms with van der Waals surface area (Å²) >= 11 is 6.03. The zero-order valence-electron chi connectivity index (χ0n) is 11.5. The van der Waals surface area contributed by atoms with E-state index in [1.165, 1.54) is 25.7 Å². The Hall–Kier alpha value is -0.730. The van der Waals surface area contributed by atoms with E-state index in [0.717, 1.165) is 23.7 Å². The van der Waals surface area contributed by atoms with Crippen molar-refractivity contribution in [1.82, 2.24) is 5.32 Å². The maximum atomic E-state index is 6.22. The Bertz CT molecular complexity index is 442. The third-order valence-electron chi connectivity index (χ3n) is 4.84. The van der Waals surface area contributed by atoms with Gasteiger partial charge in [0.05, 0.1) is 0 Å². The molecular formula is C16H22ClNO. The Labute approximate surface area is 120 Å². The molecule has 1 aromatic rings. The Morgan fingerprint density at radius 1 is 1.37 bits per heavy atom. The van der Waals surface area contributed by atoms with Gasteiger partial charge in [0, 0.05) is 22.9 Å². The van der Waals surface area contributed by atoms with Crippen molar-refractivity contribution in [2.45, 2.75) is 51.2 Å². The Balaban J connectivity index is 1.72. The monoisotopic (exact) mass is 279 g/mol. The van der Waals surface area contributed by atoms with Gasteiger partial charge in [-0.25, -0.2) is 0 Å². The molecular weight excluding hydrogens is 258 g/mol. The van der Waals surface area contributed by atoms with Gasteiger partial charge >= 0.3 is 0 Å². The molecule has 19 heavy (non-hydrogen) atoms. The lowest BCUT2D eigenvalue weighted by Gasteiger charge is -2.54. The van der Waals surface area contributed by atoms with Gasteiger partial charge in [-0.05, 0) is 37.6 Å². The van der Waals surface area contributed by atoms with Gasteiger partial charge in [-0.2, -0.15) is 0 Å². The summed E-state index contributed by atoms with van der Waals surface area (Å²) in [5.74, 6) is 0.915. The lowest BCUT2D eigenvalue weighted by Crippen LogP contribution is -2.63. The van der Waals surface area contributed by atoms with E-state index in [2.05, 4.69) is 12.2 Å². The molecule has 0 radical (unpaired) electrons. The first-order valence-electron chi connectivity index (χ1n) is 7.40. The van der Waals surface area contributed by atoms with Gasteiger partial charge in [-0.15, -0.1) is 0 Å². The quantitative estimate of drug-likeness (QED) is 0.898. The first kappa shape index (κ1) is 13.3. The van der Waals surface area contributed by atoms with E-state index in [-0.39, 0.29) is 0 Å². The van der Waals surface area contributed by atoms with Crippen LogP contribution >= 0.6 is 11.6 Å². The Morgan fingerprint density at radius 2 is 2.16 bits per heavy atom. The minimum atomic E-state index is 0.359. The second kappa shape index (κ2) is 5.34. The summed E-state index contributed by atoms with van der Waals surface area (Å²) in [5, 5.41) is 4.39. The SMILES string of the molecule is CCNC1CC(Oc2cccc(Cl)c2)C12CCCC2. The summed E-state index contributed by atoms with van der Waals surface area (Å²) < 4.78 is 6.22. The van der Waals surface area contributed by atoms with Crippen LogP contribution < -0.4 is 10.1 Å². The van der Waals surface area contributed by atoms with Crippen LogP contribution in [0.3, 0.4) is 0 Å². The highest BCUT2D eigenvalue weighted by Crippen LogP contribution is 2.54. The normalized spacial score (nSPS) is 28.3. The fourth-order valence-corrected chi connectivity index (χ4v) is 4.03. The topological polar surface area (TPSA) is 21.3 Å². The van der Waals surface area contributed by atoms with Crippen LogP contribution in [0, 0.1) is 5.41 Å². The fourth-order valence-electron chi connectivity index (χ4n) is 3.85.